The standard InChI is InChI=1S/C12H14ClN3O/c1-17-12-7-15-6-11(12)16-10-3-2-9(13)4-8(10)5-14/h2-4,11-12,15-16H,6-7H2,1H3/t11?,12-/m0/s1. The minimum absolute atomic E-state index is 0.122. The quantitative estimate of drug-likeness (QED) is 0.857. The van der Waals surface area contributed by atoms with Gasteiger partial charge in [0.2, 0.25) is 0 Å². The Morgan fingerprint density at radius 2 is 2.35 bits per heavy atom. The normalized spacial score (nSPS) is 23.4. The third-order valence-electron chi connectivity index (χ3n) is 2.90. The number of halogens is 1. The van der Waals surface area contributed by atoms with Crippen LogP contribution in [0.25, 0.3) is 0 Å². The third-order valence-corrected chi connectivity index (χ3v) is 3.14. The van der Waals surface area contributed by atoms with Crippen molar-refractivity contribution in [2.45, 2.75) is 12.1 Å². The zero-order chi connectivity index (χ0) is 12.3. The number of hydrogen-bond donors (Lipinski definition) is 2. The summed E-state index contributed by atoms with van der Waals surface area (Å²) in [6.45, 7) is 1.65. The van der Waals surface area contributed by atoms with Crippen LogP contribution < -0.4 is 10.6 Å². The average molecular weight is 252 g/mol. The molecule has 0 aliphatic carbocycles. The number of benzene rings is 1. The number of methoxy groups -OCH3 is 1. The molecule has 2 atom stereocenters. The maximum absolute atomic E-state index is 9.04. The molecule has 0 bridgehead atoms. The van der Waals surface area contributed by atoms with E-state index in [9.17, 15) is 0 Å². The Kier molecular flexibility index (Phi) is 3.85. The summed E-state index contributed by atoms with van der Waals surface area (Å²) in [5.74, 6) is 0. The van der Waals surface area contributed by atoms with Gasteiger partial charge in [0.15, 0.2) is 0 Å². The van der Waals surface area contributed by atoms with Crippen LogP contribution >= 0.6 is 11.6 Å². The van der Waals surface area contributed by atoms with Crippen LogP contribution in [-0.2, 0) is 4.74 Å². The molecule has 5 heteroatoms. The van der Waals surface area contributed by atoms with Crippen LogP contribution in [0.2, 0.25) is 5.02 Å². The molecular weight excluding hydrogens is 238 g/mol. The van der Waals surface area contributed by atoms with E-state index >= 15 is 0 Å². The molecule has 0 saturated carbocycles. The van der Waals surface area contributed by atoms with Crippen molar-refractivity contribution in [3.63, 3.8) is 0 Å². The molecule has 1 aromatic rings. The first kappa shape index (κ1) is 12.2. The van der Waals surface area contributed by atoms with E-state index in [2.05, 4.69) is 16.7 Å². The SMILES string of the molecule is CO[C@H]1CNCC1Nc1ccc(Cl)cc1C#N. The first-order chi connectivity index (χ1) is 8.24. The molecule has 0 radical (unpaired) electrons. The molecule has 1 fully saturated rings. The van der Waals surface area contributed by atoms with Crippen molar-refractivity contribution in [2.24, 2.45) is 0 Å². The first-order valence-corrected chi connectivity index (χ1v) is 5.82. The summed E-state index contributed by atoms with van der Waals surface area (Å²) < 4.78 is 5.36. The molecule has 1 aromatic carbocycles. The molecule has 1 saturated heterocycles. The van der Waals surface area contributed by atoms with E-state index in [1.54, 1.807) is 19.2 Å². The fourth-order valence-corrected chi connectivity index (χ4v) is 2.15. The Hall–Kier alpha value is -1.28. The Morgan fingerprint density at radius 1 is 1.53 bits per heavy atom. The summed E-state index contributed by atoms with van der Waals surface area (Å²) in [5, 5.41) is 16.2. The van der Waals surface area contributed by atoms with Gasteiger partial charge in [0, 0.05) is 25.2 Å². The van der Waals surface area contributed by atoms with E-state index in [0.29, 0.717) is 10.6 Å². The van der Waals surface area contributed by atoms with Crippen LogP contribution in [-0.4, -0.2) is 32.3 Å². The number of ether oxygens (including phenoxy) is 1. The van der Waals surface area contributed by atoms with Gasteiger partial charge in [-0.05, 0) is 18.2 Å². The smallest absolute Gasteiger partial charge is 0.101 e. The number of rotatable bonds is 3. The zero-order valence-electron chi connectivity index (χ0n) is 9.53. The molecule has 1 unspecified atom stereocenters. The monoisotopic (exact) mass is 251 g/mol. The topological polar surface area (TPSA) is 57.1 Å². The zero-order valence-corrected chi connectivity index (χ0v) is 10.3. The highest BCUT2D eigenvalue weighted by Gasteiger charge is 2.27. The lowest BCUT2D eigenvalue weighted by Gasteiger charge is -2.20. The highest BCUT2D eigenvalue weighted by Crippen LogP contribution is 2.22. The summed E-state index contributed by atoms with van der Waals surface area (Å²) in [7, 11) is 1.69. The number of hydrogen-bond acceptors (Lipinski definition) is 4. The summed E-state index contributed by atoms with van der Waals surface area (Å²) in [5.41, 5.74) is 1.35. The third kappa shape index (κ3) is 2.70. The van der Waals surface area contributed by atoms with Crippen molar-refractivity contribution in [1.82, 2.24) is 5.32 Å². The fraction of sp³-hybridized carbons (Fsp3) is 0.417. The van der Waals surface area contributed by atoms with Crippen LogP contribution in [0.15, 0.2) is 18.2 Å². The molecule has 0 spiro atoms. The number of anilines is 1. The lowest BCUT2D eigenvalue weighted by atomic mass is 10.1. The van der Waals surface area contributed by atoms with Gasteiger partial charge in [-0.3, -0.25) is 0 Å². The van der Waals surface area contributed by atoms with Gasteiger partial charge in [0.25, 0.3) is 0 Å². The summed E-state index contributed by atoms with van der Waals surface area (Å²) in [6.07, 6.45) is 0.122. The molecule has 0 amide bonds. The average Bonchev–Trinajstić information content (AvgIpc) is 2.78. The van der Waals surface area contributed by atoms with E-state index in [4.69, 9.17) is 21.6 Å². The van der Waals surface area contributed by atoms with Crippen LogP contribution in [0.1, 0.15) is 5.56 Å². The maximum Gasteiger partial charge on any atom is 0.101 e. The van der Waals surface area contributed by atoms with Crippen molar-refractivity contribution in [3.8, 4) is 6.07 Å². The van der Waals surface area contributed by atoms with Crippen LogP contribution in [0.4, 0.5) is 5.69 Å². The highest BCUT2D eigenvalue weighted by molar-refractivity contribution is 6.30. The van der Waals surface area contributed by atoms with Gasteiger partial charge in [-0.2, -0.15) is 5.26 Å². The van der Waals surface area contributed by atoms with E-state index in [1.165, 1.54) is 0 Å². The predicted molar refractivity (Wildman–Crippen MR) is 67.2 cm³/mol. The van der Waals surface area contributed by atoms with Crippen molar-refractivity contribution in [1.29, 1.82) is 5.26 Å². The Balaban J connectivity index is 2.16. The Bertz CT molecular complexity index is 444. The summed E-state index contributed by atoms with van der Waals surface area (Å²) in [4.78, 5) is 0. The van der Waals surface area contributed by atoms with Gasteiger partial charge < -0.3 is 15.4 Å². The lowest BCUT2D eigenvalue weighted by molar-refractivity contribution is 0.111. The first-order valence-electron chi connectivity index (χ1n) is 5.44. The minimum Gasteiger partial charge on any atom is -0.378 e. The second-order valence-corrected chi connectivity index (χ2v) is 4.42. The molecule has 17 heavy (non-hydrogen) atoms. The van der Waals surface area contributed by atoms with Crippen LogP contribution in [0.3, 0.4) is 0 Å². The molecule has 1 heterocycles. The van der Waals surface area contributed by atoms with Gasteiger partial charge in [-0.1, -0.05) is 11.6 Å². The van der Waals surface area contributed by atoms with Gasteiger partial charge in [-0.15, -0.1) is 0 Å². The van der Waals surface area contributed by atoms with E-state index in [-0.39, 0.29) is 12.1 Å². The molecule has 1 aliphatic rings. The van der Waals surface area contributed by atoms with Crippen LogP contribution in [0, 0.1) is 11.3 Å². The van der Waals surface area contributed by atoms with Crippen LogP contribution in [0.5, 0.6) is 0 Å². The van der Waals surface area contributed by atoms with Crippen molar-refractivity contribution < 1.29 is 4.74 Å². The number of nitrogens with zero attached hydrogens (tertiary/aromatic N) is 1. The Morgan fingerprint density at radius 3 is 3.06 bits per heavy atom. The van der Waals surface area contributed by atoms with Gasteiger partial charge in [0.1, 0.15) is 6.07 Å². The van der Waals surface area contributed by atoms with Gasteiger partial charge in [0.05, 0.1) is 23.4 Å². The second-order valence-electron chi connectivity index (χ2n) is 3.98. The highest BCUT2D eigenvalue weighted by atomic mass is 35.5. The fourth-order valence-electron chi connectivity index (χ4n) is 1.98. The number of nitriles is 1. The number of nitrogens with one attached hydrogen (secondary N) is 2. The van der Waals surface area contributed by atoms with Crippen molar-refractivity contribution >= 4 is 17.3 Å². The molecule has 1 aliphatic heterocycles. The van der Waals surface area contributed by atoms with E-state index < -0.39 is 0 Å². The van der Waals surface area contributed by atoms with Crippen molar-refractivity contribution in [2.75, 3.05) is 25.5 Å². The molecule has 4 nitrogen and oxygen atoms in total. The minimum atomic E-state index is 0.122. The second kappa shape index (κ2) is 5.37. The summed E-state index contributed by atoms with van der Waals surface area (Å²) >= 11 is 5.85. The van der Waals surface area contributed by atoms with Gasteiger partial charge >= 0.3 is 0 Å². The largest absolute Gasteiger partial charge is 0.378 e. The predicted octanol–water partition coefficient (Wildman–Crippen LogP) is 1.61. The molecule has 90 valence electrons. The maximum atomic E-state index is 9.04. The molecular formula is C12H14ClN3O. The van der Waals surface area contributed by atoms with Crippen molar-refractivity contribution in [3.05, 3.63) is 28.8 Å². The summed E-state index contributed by atoms with van der Waals surface area (Å²) in [6, 6.07) is 7.57. The lowest BCUT2D eigenvalue weighted by Crippen LogP contribution is -2.33. The molecule has 2 N–H and O–H groups in total. The Labute approximate surface area is 106 Å². The van der Waals surface area contributed by atoms with E-state index in [0.717, 1.165) is 18.8 Å². The molecule has 2 rings (SSSR count). The van der Waals surface area contributed by atoms with E-state index in [1.807, 2.05) is 6.07 Å². The molecule has 0 aromatic heterocycles. The van der Waals surface area contributed by atoms with Gasteiger partial charge in [-0.25, -0.2) is 0 Å².